The van der Waals surface area contributed by atoms with Crippen molar-refractivity contribution in [3.8, 4) is 11.5 Å². The van der Waals surface area contributed by atoms with Gasteiger partial charge in [-0.1, -0.05) is 18.5 Å². The number of rotatable bonds is 10. The average molecular weight is 444 g/mol. The number of benzene rings is 2. The Kier molecular flexibility index (Phi) is 7.89. The number of carbonyl (C=O) groups is 1. The quantitative estimate of drug-likeness (QED) is 0.475. The van der Waals surface area contributed by atoms with Crippen LogP contribution in [0.5, 0.6) is 11.5 Å². The van der Waals surface area contributed by atoms with Gasteiger partial charge in [0, 0.05) is 18.0 Å². The molecule has 0 saturated carbocycles. The number of nitrogens with zero attached hydrogens (tertiary/aromatic N) is 2. The predicted octanol–water partition coefficient (Wildman–Crippen LogP) is 4.18. The molecule has 0 spiro atoms. The predicted molar refractivity (Wildman–Crippen MR) is 121 cm³/mol. The molecule has 3 aromatic rings. The average Bonchev–Trinajstić information content (AvgIpc) is 2.76. The van der Waals surface area contributed by atoms with Crippen molar-refractivity contribution in [1.82, 2.24) is 14.9 Å². The summed E-state index contributed by atoms with van der Waals surface area (Å²) in [5.74, 6) is 1.93. The van der Waals surface area contributed by atoms with Gasteiger partial charge in [-0.25, -0.2) is 4.98 Å². The zero-order valence-electron chi connectivity index (χ0n) is 17.7. The second kappa shape index (κ2) is 10.8. The number of carbonyl (C=O) groups excluding carboxylic acids is 1. The van der Waals surface area contributed by atoms with Crippen molar-refractivity contribution >= 4 is 28.4 Å². The van der Waals surface area contributed by atoms with E-state index in [0.717, 1.165) is 17.9 Å². The van der Waals surface area contributed by atoms with E-state index >= 15 is 0 Å². The molecule has 0 aliphatic heterocycles. The van der Waals surface area contributed by atoms with E-state index in [4.69, 9.17) is 21.1 Å². The Morgan fingerprint density at radius 1 is 1.16 bits per heavy atom. The highest BCUT2D eigenvalue weighted by atomic mass is 35.5. The minimum absolute atomic E-state index is 0.00554. The molecule has 1 aromatic heterocycles. The normalized spacial score (nSPS) is 10.8. The summed E-state index contributed by atoms with van der Waals surface area (Å²) < 4.78 is 10.8. The third kappa shape index (κ3) is 6.21. The molecule has 0 atom stereocenters. The maximum Gasteiger partial charge on any atom is 0.258 e. The molecule has 0 radical (unpaired) electrons. The van der Waals surface area contributed by atoms with Gasteiger partial charge in [0.25, 0.3) is 5.56 Å². The van der Waals surface area contributed by atoms with Crippen LogP contribution in [-0.2, 0) is 11.3 Å². The van der Waals surface area contributed by atoms with Crippen LogP contribution in [0, 0.1) is 0 Å². The number of H-pyrrole nitrogens is 1. The van der Waals surface area contributed by atoms with Gasteiger partial charge in [-0.2, -0.15) is 0 Å². The molecule has 1 N–H and O–H groups in total. The lowest BCUT2D eigenvalue weighted by Crippen LogP contribution is -2.32. The van der Waals surface area contributed by atoms with Crippen LogP contribution in [0.3, 0.4) is 0 Å². The lowest BCUT2D eigenvalue weighted by atomic mass is 10.2. The number of aromatic amines is 1. The molecule has 0 saturated heterocycles. The molecule has 8 heteroatoms. The minimum Gasteiger partial charge on any atom is -0.497 e. The largest absolute Gasteiger partial charge is 0.497 e. The lowest BCUT2D eigenvalue weighted by molar-refractivity contribution is -0.132. The zero-order chi connectivity index (χ0) is 22.2. The fraction of sp³-hybridized carbons (Fsp3) is 0.348. The van der Waals surface area contributed by atoms with E-state index in [2.05, 4.69) is 9.97 Å². The summed E-state index contributed by atoms with van der Waals surface area (Å²) in [5.41, 5.74) is 0.275. The fourth-order valence-corrected chi connectivity index (χ4v) is 3.39. The van der Waals surface area contributed by atoms with Gasteiger partial charge in [0.2, 0.25) is 5.91 Å². The summed E-state index contributed by atoms with van der Waals surface area (Å²) in [7, 11) is 1.61. The van der Waals surface area contributed by atoms with Gasteiger partial charge >= 0.3 is 0 Å². The molecule has 0 fully saturated rings. The van der Waals surface area contributed by atoms with Crippen molar-refractivity contribution in [2.24, 2.45) is 0 Å². The number of amides is 1. The first-order valence-corrected chi connectivity index (χ1v) is 10.6. The summed E-state index contributed by atoms with van der Waals surface area (Å²) in [5, 5.41) is 0.979. The van der Waals surface area contributed by atoms with E-state index in [1.165, 1.54) is 0 Å². The number of aromatic nitrogens is 2. The number of methoxy groups -OCH3 is 1. The molecule has 1 heterocycles. The maximum atomic E-state index is 12.7. The van der Waals surface area contributed by atoms with Crippen molar-refractivity contribution in [2.45, 2.75) is 32.7 Å². The van der Waals surface area contributed by atoms with E-state index in [1.807, 2.05) is 31.2 Å². The van der Waals surface area contributed by atoms with Crippen molar-refractivity contribution in [3.05, 3.63) is 63.7 Å². The first-order chi connectivity index (χ1) is 15.0. The van der Waals surface area contributed by atoms with Crippen molar-refractivity contribution in [3.63, 3.8) is 0 Å². The smallest absolute Gasteiger partial charge is 0.258 e. The van der Waals surface area contributed by atoms with E-state index < -0.39 is 0 Å². The van der Waals surface area contributed by atoms with Gasteiger partial charge in [0.15, 0.2) is 0 Å². The molecular formula is C23H26ClN3O4. The number of halogens is 1. The van der Waals surface area contributed by atoms with Gasteiger partial charge in [-0.15, -0.1) is 0 Å². The summed E-state index contributed by atoms with van der Waals surface area (Å²) in [4.78, 5) is 34.1. The van der Waals surface area contributed by atoms with Gasteiger partial charge in [-0.05, 0) is 55.3 Å². The molecular weight excluding hydrogens is 418 g/mol. The summed E-state index contributed by atoms with van der Waals surface area (Å²) >= 11 is 6.02. The first kappa shape index (κ1) is 22.6. The van der Waals surface area contributed by atoms with Gasteiger partial charge < -0.3 is 19.4 Å². The van der Waals surface area contributed by atoms with Crippen LogP contribution in [0.4, 0.5) is 0 Å². The van der Waals surface area contributed by atoms with Crippen LogP contribution in [0.2, 0.25) is 5.02 Å². The van der Waals surface area contributed by atoms with Crippen molar-refractivity contribution in [2.75, 3.05) is 20.3 Å². The van der Waals surface area contributed by atoms with Crippen molar-refractivity contribution in [1.29, 1.82) is 0 Å². The highest BCUT2D eigenvalue weighted by Gasteiger charge is 2.15. The Balaban J connectivity index is 1.58. The number of fused-ring (bicyclic) bond motifs is 1. The SMILES string of the molecule is CCCN(Cc1nc2cc(Cl)ccc2c(=O)[nH]1)C(=O)CCCOc1ccc(OC)cc1. The standard InChI is InChI=1S/C23H26ClN3O4/c1-3-12-27(15-21-25-20-14-16(24)6-11-19(20)23(29)26-21)22(28)5-4-13-31-18-9-7-17(30-2)8-10-18/h6-11,14H,3-5,12-13,15H2,1-2H3,(H,25,26,29). The van der Waals surface area contributed by atoms with Crippen LogP contribution in [0.15, 0.2) is 47.3 Å². The number of hydrogen-bond acceptors (Lipinski definition) is 5. The van der Waals surface area contributed by atoms with Crippen molar-refractivity contribution < 1.29 is 14.3 Å². The second-order valence-corrected chi connectivity index (χ2v) is 7.55. The van der Waals surface area contributed by atoms with Crippen LogP contribution >= 0.6 is 11.6 Å². The Bertz CT molecular complexity index is 1080. The van der Waals surface area contributed by atoms with Crippen LogP contribution in [-0.4, -0.2) is 41.0 Å². The Labute approximate surface area is 186 Å². The highest BCUT2D eigenvalue weighted by Crippen LogP contribution is 2.18. The molecule has 7 nitrogen and oxygen atoms in total. The molecule has 31 heavy (non-hydrogen) atoms. The molecule has 0 aliphatic carbocycles. The summed E-state index contributed by atoms with van der Waals surface area (Å²) in [6.45, 7) is 3.25. The molecule has 2 aromatic carbocycles. The van der Waals surface area contributed by atoms with Crippen LogP contribution in [0.1, 0.15) is 32.0 Å². The number of nitrogens with one attached hydrogen (secondary N) is 1. The third-order valence-corrected chi connectivity index (χ3v) is 5.00. The van der Waals surface area contributed by atoms with E-state index in [9.17, 15) is 9.59 Å². The topological polar surface area (TPSA) is 84.5 Å². The highest BCUT2D eigenvalue weighted by molar-refractivity contribution is 6.31. The fourth-order valence-electron chi connectivity index (χ4n) is 3.22. The molecule has 0 unspecified atom stereocenters. The van der Waals surface area contributed by atoms with Gasteiger partial charge in [0.05, 0.1) is 31.2 Å². The summed E-state index contributed by atoms with van der Waals surface area (Å²) in [6.07, 6.45) is 1.74. The Morgan fingerprint density at radius 2 is 1.90 bits per heavy atom. The lowest BCUT2D eigenvalue weighted by Gasteiger charge is -2.21. The molecule has 0 aliphatic rings. The van der Waals surface area contributed by atoms with Gasteiger partial charge in [-0.3, -0.25) is 9.59 Å². The zero-order valence-corrected chi connectivity index (χ0v) is 18.4. The molecule has 164 valence electrons. The van der Waals surface area contributed by atoms with Gasteiger partial charge in [0.1, 0.15) is 17.3 Å². The number of ether oxygens (including phenoxy) is 2. The summed E-state index contributed by atoms with van der Waals surface area (Å²) in [6, 6.07) is 12.3. The van der Waals surface area contributed by atoms with Crippen LogP contribution in [0.25, 0.3) is 10.9 Å². The molecule has 1 amide bonds. The van der Waals surface area contributed by atoms with E-state index in [0.29, 0.717) is 47.7 Å². The Morgan fingerprint density at radius 3 is 2.61 bits per heavy atom. The Hall–Kier alpha value is -3.06. The third-order valence-electron chi connectivity index (χ3n) is 4.77. The molecule has 3 rings (SSSR count). The van der Waals surface area contributed by atoms with E-state index in [-0.39, 0.29) is 18.0 Å². The first-order valence-electron chi connectivity index (χ1n) is 10.2. The minimum atomic E-state index is -0.242. The van der Waals surface area contributed by atoms with E-state index in [1.54, 1.807) is 30.2 Å². The second-order valence-electron chi connectivity index (χ2n) is 7.12. The monoisotopic (exact) mass is 443 g/mol. The van der Waals surface area contributed by atoms with Crippen LogP contribution < -0.4 is 15.0 Å². The number of hydrogen-bond donors (Lipinski definition) is 1. The maximum absolute atomic E-state index is 12.7. The molecule has 0 bridgehead atoms.